The van der Waals surface area contributed by atoms with Crippen LogP contribution in [0, 0.1) is 0 Å². The number of nitrogens with zero attached hydrogens (tertiary/aromatic N) is 1. The molecule has 0 bridgehead atoms. The Morgan fingerprint density at radius 2 is 1.28 bits per heavy atom. The van der Waals surface area contributed by atoms with Gasteiger partial charge in [-0.2, -0.15) is 0 Å². The van der Waals surface area contributed by atoms with E-state index in [9.17, 15) is 0 Å². The molecule has 0 aromatic heterocycles. The molecule has 0 amide bonds. The number of likely N-dealkylation sites (tertiary alicyclic amines) is 1. The molecule has 1 saturated heterocycles. The molecule has 0 saturated carbocycles. The van der Waals surface area contributed by atoms with E-state index in [2.05, 4.69) is 101 Å². The third-order valence-electron chi connectivity index (χ3n) is 5.68. The second-order valence-electron chi connectivity index (χ2n) is 7.90. The van der Waals surface area contributed by atoms with Crippen molar-refractivity contribution in [3.8, 4) is 0 Å². The zero-order valence-corrected chi connectivity index (χ0v) is 17.0. The minimum atomic E-state index is 0.625. The van der Waals surface area contributed by atoms with Gasteiger partial charge in [-0.25, -0.2) is 0 Å². The Bertz CT molecular complexity index is 877. The van der Waals surface area contributed by atoms with E-state index in [1.54, 1.807) is 0 Å². The van der Waals surface area contributed by atoms with E-state index in [1.807, 2.05) is 6.07 Å². The van der Waals surface area contributed by atoms with Gasteiger partial charge in [-0.05, 0) is 48.2 Å². The van der Waals surface area contributed by atoms with Gasteiger partial charge in [-0.1, -0.05) is 97.1 Å². The number of hydrogen-bond donors (Lipinski definition) is 1. The highest BCUT2D eigenvalue weighted by atomic mass is 15.1. The fraction of sp³-hybridized carbons (Fsp3) is 0.259. The van der Waals surface area contributed by atoms with Gasteiger partial charge < -0.3 is 5.32 Å². The topological polar surface area (TPSA) is 15.3 Å². The SMILES string of the molecule is C(=C\c1ccc(CNC2CCN(Cc3ccccc3)CC2)cc1)/c1ccccc1. The van der Waals surface area contributed by atoms with Crippen molar-refractivity contribution in [2.75, 3.05) is 13.1 Å². The van der Waals surface area contributed by atoms with Crippen molar-refractivity contribution in [3.63, 3.8) is 0 Å². The van der Waals surface area contributed by atoms with E-state index in [0.717, 1.165) is 13.1 Å². The van der Waals surface area contributed by atoms with Gasteiger partial charge in [0.25, 0.3) is 0 Å². The third kappa shape index (κ3) is 6.15. The highest BCUT2D eigenvalue weighted by Gasteiger charge is 2.18. The molecule has 1 heterocycles. The lowest BCUT2D eigenvalue weighted by Crippen LogP contribution is -2.41. The molecule has 29 heavy (non-hydrogen) atoms. The summed E-state index contributed by atoms with van der Waals surface area (Å²) in [7, 11) is 0. The molecule has 148 valence electrons. The normalized spacial score (nSPS) is 15.7. The summed E-state index contributed by atoms with van der Waals surface area (Å²) in [4.78, 5) is 2.57. The molecule has 1 N–H and O–H groups in total. The lowest BCUT2D eigenvalue weighted by molar-refractivity contribution is 0.190. The molecule has 4 rings (SSSR count). The van der Waals surface area contributed by atoms with E-state index in [1.165, 1.54) is 48.2 Å². The highest BCUT2D eigenvalue weighted by Crippen LogP contribution is 2.15. The van der Waals surface area contributed by atoms with Crippen molar-refractivity contribution in [2.24, 2.45) is 0 Å². The van der Waals surface area contributed by atoms with E-state index in [4.69, 9.17) is 0 Å². The second kappa shape index (κ2) is 10.2. The van der Waals surface area contributed by atoms with Crippen LogP contribution in [-0.2, 0) is 13.1 Å². The first-order chi connectivity index (χ1) is 14.3. The number of rotatable bonds is 7. The van der Waals surface area contributed by atoms with E-state index < -0.39 is 0 Å². The summed E-state index contributed by atoms with van der Waals surface area (Å²) in [5.41, 5.74) is 5.25. The van der Waals surface area contributed by atoms with Crippen LogP contribution in [0.1, 0.15) is 35.1 Å². The lowest BCUT2D eigenvalue weighted by atomic mass is 10.0. The summed E-state index contributed by atoms with van der Waals surface area (Å²) in [6.07, 6.45) is 6.79. The van der Waals surface area contributed by atoms with Crippen molar-refractivity contribution >= 4 is 12.2 Å². The molecule has 0 unspecified atom stereocenters. The zero-order valence-electron chi connectivity index (χ0n) is 17.0. The second-order valence-corrected chi connectivity index (χ2v) is 7.90. The van der Waals surface area contributed by atoms with Gasteiger partial charge in [-0.3, -0.25) is 4.90 Å². The summed E-state index contributed by atoms with van der Waals surface area (Å²) >= 11 is 0. The molecule has 1 aliphatic heterocycles. The number of piperidine rings is 1. The quantitative estimate of drug-likeness (QED) is 0.534. The molecule has 2 heteroatoms. The molecule has 3 aromatic rings. The van der Waals surface area contributed by atoms with Crippen LogP contribution in [0.3, 0.4) is 0 Å². The third-order valence-corrected chi connectivity index (χ3v) is 5.68. The van der Waals surface area contributed by atoms with Crippen molar-refractivity contribution in [2.45, 2.75) is 32.0 Å². The Morgan fingerprint density at radius 3 is 1.93 bits per heavy atom. The van der Waals surface area contributed by atoms with Gasteiger partial charge >= 0.3 is 0 Å². The Morgan fingerprint density at radius 1 is 0.690 bits per heavy atom. The van der Waals surface area contributed by atoms with Gasteiger partial charge in [0.1, 0.15) is 0 Å². The summed E-state index contributed by atoms with van der Waals surface area (Å²) in [5, 5.41) is 3.75. The average molecular weight is 383 g/mol. The number of hydrogen-bond acceptors (Lipinski definition) is 2. The predicted molar refractivity (Wildman–Crippen MR) is 123 cm³/mol. The van der Waals surface area contributed by atoms with Gasteiger partial charge in [0, 0.05) is 19.1 Å². The van der Waals surface area contributed by atoms with Crippen LogP contribution in [-0.4, -0.2) is 24.0 Å². The standard InChI is InChI=1S/C27H30N2/c1-3-7-23(8-4-1)11-12-24-13-15-25(16-14-24)21-28-27-17-19-29(20-18-27)22-26-9-5-2-6-10-26/h1-16,27-28H,17-22H2/b12-11+. The minimum Gasteiger partial charge on any atom is -0.310 e. The van der Waals surface area contributed by atoms with Gasteiger partial charge in [-0.15, -0.1) is 0 Å². The minimum absolute atomic E-state index is 0.625. The lowest BCUT2D eigenvalue weighted by Gasteiger charge is -2.32. The summed E-state index contributed by atoms with van der Waals surface area (Å²) in [6.45, 7) is 4.38. The molecule has 0 spiro atoms. The molecule has 0 aliphatic carbocycles. The van der Waals surface area contributed by atoms with Gasteiger partial charge in [0.15, 0.2) is 0 Å². The number of benzene rings is 3. The predicted octanol–water partition coefficient (Wildman–Crippen LogP) is 5.61. The van der Waals surface area contributed by atoms with Crippen LogP contribution >= 0.6 is 0 Å². The van der Waals surface area contributed by atoms with Crippen LogP contribution in [0.2, 0.25) is 0 Å². The first-order valence-electron chi connectivity index (χ1n) is 10.7. The Hall–Kier alpha value is -2.68. The fourth-order valence-electron chi connectivity index (χ4n) is 3.90. The summed E-state index contributed by atoms with van der Waals surface area (Å²) < 4.78 is 0. The molecule has 2 nitrogen and oxygen atoms in total. The first-order valence-corrected chi connectivity index (χ1v) is 10.7. The Kier molecular flexibility index (Phi) is 6.90. The largest absolute Gasteiger partial charge is 0.310 e. The summed E-state index contributed by atoms with van der Waals surface area (Å²) in [5.74, 6) is 0. The maximum Gasteiger partial charge on any atom is 0.0233 e. The van der Waals surface area contributed by atoms with E-state index in [0.29, 0.717) is 6.04 Å². The van der Waals surface area contributed by atoms with Crippen LogP contribution in [0.4, 0.5) is 0 Å². The fourth-order valence-corrected chi connectivity index (χ4v) is 3.90. The first kappa shape index (κ1) is 19.6. The van der Waals surface area contributed by atoms with E-state index >= 15 is 0 Å². The smallest absolute Gasteiger partial charge is 0.0233 e. The number of nitrogens with one attached hydrogen (secondary N) is 1. The maximum absolute atomic E-state index is 3.75. The van der Waals surface area contributed by atoms with Gasteiger partial charge in [0.05, 0.1) is 0 Å². The molecule has 1 fully saturated rings. The highest BCUT2D eigenvalue weighted by molar-refractivity contribution is 5.69. The van der Waals surface area contributed by atoms with Crippen molar-refractivity contribution in [1.29, 1.82) is 0 Å². The monoisotopic (exact) mass is 382 g/mol. The molecule has 1 aliphatic rings. The molecule has 3 aromatic carbocycles. The molecular formula is C27H30N2. The van der Waals surface area contributed by atoms with Gasteiger partial charge in [0.2, 0.25) is 0 Å². The van der Waals surface area contributed by atoms with Crippen molar-refractivity contribution < 1.29 is 0 Å². The average Bonchev–Trinajstić information content (AvgIpc) is 2.79. The van der Waals surface area contributed by atoms with Crippen molar-refractivity contribution in [3.05, 3.63) is 107 Å². The van der Waals surface area contributed by atoms with Crippen LogP contribution in [0.5, 0.6) is 0 Å². The summed E-state index contributed by atoms with van der Waals surface area (Å²) in [6, 6.07) is 30.8. The maximum atomic E-state index is 3.75. The Labute approximate surface area is 174 Å². The Balaban J connectivity index is 1.20. The van der Waals surface area contributed by atoms with E-state index in [-0.39, 0.29) is 0 Å². The van der Waals surface area contributed by atoms with Crippen molar-refractivity contribution in [1.82, 2.24) is 10.2 Å². The van der Waals surface area contributed by atoms with Crippen LogP contribution in [0.15, 0.2) is 84.9 Å². The molecule has 0 radical (unpaired) electrons. The van der Waals surface area contributed by atoms with Crippen LogP contribution in [0.25, 0.3) is 12.2 Å². The zero-order chi connectivity index (χ0) is 19.7. The molecular weight excluding hydrogens is 352 g/mol. The van der Waals surface area contributed by atoms with Crippen LogP contribution < -0.4 is 5.32 Å². The molecule has 0 atom stereocenters.